The van der Waals surface area contributed by atoms with Gasteiger partial charge in [0.1, 0.15) is 17.6 Å². The Hall–Kier alpha value is -3.89. The SMILES string of the molecule is CC(=O)C1=C(C)N=c2s/c(=C/c3cccc([N+](=O)[O-])c3)c(=O)n2[C@H]1c1ccc(-c2ccc(Br)cc2)o1. The van der Waals surface area contributed by atoms with Crippen molar-refractivity contribution in [3.05, 3.63) is 118 Å². The standard InChI is InChI=1S/C26H18BrN3O5S/c1-14-23(15(2)31)24(21-11-10-20(35-21)17-6-8-18(27)9-7-17)29-25(32)22(36-26(29)28-14)13-16-4-3-5-19(12-16)30(33)34/h3-13,24H,1-2H3/b22-13+/t24-/m0/s1. The van der Waals surface area contributed by atoms with Crippen LogP contribution in [-0.2, 0) is 4.79 Å². The molecule has 1 atom stereocenters. The van der Waals surface area contributed by atoms with Crippen molar-refractivity contribution in [2.45, 2.75) is 19.9 Å². The minimum Gasteiger partial charge on any atom is -0.458 e. The molecule has 3 heterocycles. The van der Waals surface area contributed by atoms with E-state index < -0.39 is 11.0 Å². The molecule has 2 aromatic carbocycles. The lowest BCUT2D eigenvalue weighted by atomic mass is 9.98. The largest absolute Gasteiger partial charge is 0.458 e. The molecule has 4 aromatic rings. The number of ketones is 1. The van der Waals surface area contributed by atoms with E-state index in [0.717, 1.165) is 21.4 Å². The van der Waals surface area contributed by atoms with Crippen molar-refractivity contribution in [3.8, 4) is 11.3 Å². The highest BCUT2D eigenvalue weighted by atomic mass is 79.9. The second-order valence-corrected chi connectivity index (χ2v) is 10.1. The number of fused-ring (bicyclic) bond motifs is 1. The minimum atomic E-state index is -0.782. The average Bonchev–Trinajstić information content (AvgIpc) is 3.44. The molecule has 0 aliphatic carbocycles. The van der Waals surface area contributed by atoms with Crippen LogP contribution in [0.25, 0.3) is 17.4 Å². The van der Waals surface area contributed by atoms with Crippen LogP contribution in [0.3, 0.4) is 0 Å². The number of nitrogens with zero attached hydrogens (tertiary/aromatic N) is 3. The predicted molar refractivity (Wildman–Crippen MR) is 139 cm³/mol. The Morgan fingerprint density at radius 2 is 1.94 bits per heavy atom. The van der Waals surface area contributed by atoms with E-state index in [-0.39, 0.29) is 17.0 Å². The molecule has 0 amide bonds. The molecule has 10 heteroatoms. The van der Waals surface area contributed by atoms with Crippen LogP contribution in [0.2, 0.25) is 0 Å². The normalized spacial score (nSPS) is 15.5. The zero-order valence-electron chi connectivity index (χ0n) is 19.1. The first-order chi connectivity index (χ1) is 17.2. The van der Waals surface area contributed by atoms with Gasteiger partial charge in [-0.05, 0) is 49.8 Å². The van der Waals surface area contributed by atoms with Gasteiger partial charge in [-0.15, -0.1) is 0 Å². The van der Waals surface area contributed by atoms with Crippen LogP contribution >= 0.6 is 27.3 Å². The number of hydrogen-bond donors (Lipinski definition) is 0. The molecule has 0 radical (unpaired) electrons. The van der Waals surface area contributed by atoms with Crippen LogP contribution < -0.4 is 14.9 Å². The smallest absolute Gasteiger partial charge is 0.271 e. The Labute approximate surface area is 216 Å². The van der Waals surface area contributed by atoms with Crippen LogP contribution in [0.1, 0.15) is 31.2 Å². The molecule has 0 fully saturated rings. The molecular weight excluding hydrogens is 546 g/mol. The maximum Gasteiger partial charge on any atom is 0.271 e. The van der Waals surface area contributed by atoms with Gasteiger partial charge in [0.05, 0.1) is 9.46 Å². The first-order valence-corrected chi connectivity index (χ1v) is 12.5. The highest BCUT2D eigenvalue weighted by Crippen LogP contribution is 2.34. The molecule has 0 saturated heterocycles. The average molecular weight is 564 g/mol. The number of aromatic nitrogens is 1. The Balaban J connectivity index is 1.67. The number of nitro groups is 1. The summed E-state index contributed by atoms with van der Waals surface area (Å²) in [4.78, 5) is 41.9. The van der Waals surface area contributed by atoms with Crippen LogP contribution in [0, 0.1) is 10.1 Å². The van der Waals surface area contributed by atoms with E-state index in [4.69, 9.17) is 4.42 Å². The van der Waals surface area contributed by atoms with Gasteiger partial charge in [-0.25, -0.2) is 4.99 Å². The number of non-ortho nitro benzene ring substituents is 1. The Bertz CT molecular complexity index is 1740. The van der Waals surface area contributed by atoms with Gasteiger partial charge in [-0.3, -0.25) is 24.3 Å². The van der Waals surface area contributed by atoms with Crippen LogP contribution in [0.4, 0.5) is 5.69 Å². The number of hydrogen-bond acceptors (Lipinski definition) is 7. The van der Waals surface area contributed by atoms with Crippen molar-refractivity contribution in [2.24, 2.45) is 4.99 Å². The lowest BCUT2D eigenvalue weighted by molar-refractivity contribution is -0.384. The van der Waals surface area contributed by atoms with Gasteiger partial charge < -0.3 is 4.42 Å². The van der Waals surface area contributed by atoms with Crippen molar-refractivity contribution in [3.63, 3.8) is 0 Å². The molecule has 0 saturated carbocycles. The molecule has 1 aliphatic rings. The van der Waals surface area contributed by atoms with E-state index in [1.807, 2.05) is 30.3 Å². The number of halogens is 1. The van der Waals surface area contributed by atoms with Crippen molar-refractivity contribution in [1.82, 2.24) is 4.57 Å². The lowest BCUT2D eigenvalue weighted by Crippen LogP contribution is -2.39. The quantitative estimate of drug-likeness (QED) is 0.257. The zero-order valence-corrected chi connectivity index (χ0v) is 21.5. The molecule has 0 spiro atoms. The number of carbonyl (C=O) groups is 1. The van der Waals surface area contributed by atoms with Gasteiger partial charge in [0.15, 0.2) is 10.6 Å². The van der Waals surface area contributed by atoms with Gasteiger partial charge in [0, 0.05) is 33.4 Å². The number of benzene rings is 2. The number of rotatable bonds is 5. The predicted octanol–water partition coefficient (Wildman–Crippen LogP) is 4.75. The molecule has 0 N–H and O–H groups in total. The fourth-order valence-corrected chi connectivity index (χ4v) is 5.50. The van der Waals surface area contributed by atoms with E-state index >= 15 is 0 Å². The first-order valence-electron chi connectivity index (χ1n) is 10.9. The maximum absolute atomic E-state index is 13.6. The van der Waals surface area contributed by atoms with Gasteiger partial charge in [-0.2, -0.15) is 0 Å². The van der Waals surface area contributed by atoms with E-state index in [1.54, 1.807) is 31.2 Å². The van der Waals surface area contributed by atoms with Crippen LogP contribution in [0.15, 0.2) is 90.6 Å². The molecule has 2 aromatic heterocycles. The van der Waals surface area contributed by atoms with E-state index in [2.05, 4.69) is 20.9 Å². The lowest BCUT2D eigenvalue weighted by Gasteiger charge is -2.22. The molecule has 1 aliphatic heterocycles. The summed E-state index contributed by atoms with van der Waals surface area (Å²) in [5.74, 6) is 0.833. The molecule has 8 nitrogen and oxygen atoms in total. The summed E-state index contributed by atoms with van der Waals surface area (Å²) >= 11 is 4.58. The summed E-state index contributed by atoms with van der Waals surface area (Å²) in [7, 11) is 0. The van der Waals surface area contributed by atoms with Crippen molar-refractivity contribution < 1.29 is 14.1 Å². The third-order valence-electron chi connectivity index (χ3n) is 5.80. The summed E-state index contributed by atoms with van der Waals surface area (Å²) in [6, 6.07) is 16.5. The second-order valence-electron chi connectivity index (χ2n) is 8.20. The molecule has 180 valence electrons. The molecule has 0 unspecified atom stereocenters. The molecule has 0 bridgehead atoms. The topological polar surface area (TPSA) is 108 Å². The summed E-state index contributed by atoms with van der Waals surface area (Å²) in [6.45, 7) is 3.18. The van der Waals surface area contributed by atoms with Crippen LogP contribution in [0.5, 0.6) is 0 Å². The molecular formula is C26H18BrN3O5S. The maximum atomic E-state index is 13.6. The van der Waals surface area contributed by atoms with Crippen molar-refractivity contribution in [1.29, 1.82) is 0 Å². The number of carbonyl (C=O) groups excluding carboxylic acids is 1. The Kier molecular flexibility index (Phi) is 6.15. The number of thiazole rings is 1. The first kappa shape index (κ1) is 23.8. The highest BCUT2D eigenvalue weighted by Gasteiger charge is 2.33. The van der Waals surface area contributed by atoms with Gasteiger partial charge in [-0.1, -0.05) is 51.5 Å². The Morgan fingerprint density at radius 1 is 1.19 bits per heavy atom. The fraction of sp³-hybridized carbons (Fsp3) is 0.115. The summed E-state index contributed by atoms with van der Waals surface area (Å²) in [6.07, 6.45) is 1.59. The Morgan fingerprint density at radius 3 is 2.64 bits per heavy atom. The second kappa shape index (κ2) is 9.29. The number of nitro benzene ring substituents is 1. The fourth-order valence-electron chi connectivity index (χ4n) is 4.19. The van der Waals surface area contributed by atoms with Gasteiger partial charge in [0.2, 0.25) is 0 Å². The number of allylic oxidation sites excluding steroid dienone is 2. The number of Topliss-reactive ketones (excluding diaryl/α,β-unsaturated/α-hetero) is 1. The third-order valence-corrected chi connectivity index (χ3v) is 7.32. The van der Waals surface area contributed by atoms with E-state index in [1.165, 1.54) is 23.6 Å². The molecule has 5 rings (SSSR count). The van der Waals surface area contributed by atoms with Gasteiger partial charge in [0.25, 0.3) is 11.2 Å². The van der Waals surface area contributed by atoms with Crippen LogP contribution in [-0.4, -0.2) is 15.3 Å². The summed E-state index contributed by atoms with van der Waals surface area (Å²) in [5.41, 5.74) is 1.83. The zero-order chi connectivity index (χ0) is 25.6. The van der Waals surface area contributed by atoms with E-state index in [0.29, 0.717) is 37.7 Å². The molecule has 36 heavy (non-hydrogen) atoms. The van der Waals surface area contributed by atoms with Crippen molar-refractivity contribution in [2.75, 3.05) is 0 Å². The monoisotopic (exact) mass is 563 g/mol. The number of furan rings is 1. The highest BCUT2D eigenvalue weighted by molar-refractivity contribution is 9.10. The van der Waals surface area contributed by atoms with Gasteiger partial charge >= 0.3 is 0 Å². The van der Waals surface area contributed by atoms with Crippen molar-refractivity contribution >= 4 is 44.8 Å². The third kappa shape index (κ3) is 4.29. The van der Waals surface area contributed by atoms with E-state index in [9.17, 15) is 19.7 Å². The summed E-state index contributed by atoms with van der Waals surface area (Å²) in [5, 5.41) is 11.2. The minimum absolute atomic E-state index is 0.0693. The summed E-state index contributed by atoms with van der Waals surface area (Å²) < 4.78 is 8.92.